The van der Waals surface area contributed by atoms with Gasteiger partial charge in [-0.3, -0.25) is 14.6 Å². The molecule has 2 aromatic rings. The van der Waals surface area contributed by atoms with Crippen molar-refractivity contribution < 1.29 is 27.5 Å². The standard InChI is InChI=1S/C25H26F3N5O3/c1-36-23-31-12-16(13-32-23)18-4-2-3-15-5-6-17(11-19(15)18)24(22(29)35)8-7-20(33-14-24)21(34)30-10-9-25(26,27)28/h2-4,7,12-14,17H,5-6,8-11H2,1H3,(H2,29,35)(H,30,34)/t17-,24?/m1/s1. The Kier molecular flexibility index (Phi) is 7.09. The normalized spacial score (nSPS) is 21.3. The summed E-state index contributed by atoms with van der Waals surface area (Å²) in [5.74, 6) is -1.46. The lowest BCUT2D eigenvalue weighted by Gasteiger charge is -2.39. The van der Waals surface area contributed by atoms with Crippen LogP contribution in [0.1, 0.15) is 30.4 Å². The van der Waals surface area contributed by atoms with E-state index < -0.39 is 36.4 Å². The molecule has 0 spiro atoms. The molecule has 0 radical (unpaired) electrons. The van der Waals surface area contributed by atoms with E-state index in [9.17, 15) is 22.8 Å². The number of nitrogens with two attached hydrogens (primary N) is 1. The van der Waals surface area contributed by atoms with E-state index in [1.54, 1.807) is 12.4 Å². The predicted octanol–water partition coefficient (Wildman–Crippen LogP) is 3.16. The van der Waals surface area contributed by atoms with Gasteiger partial charge in [0.1, 0.15) is 5.70 Å². The third kappa shape index (κ3) is 5.24. The van der Waals surface area contributed by atoms with Gasteiger partial charge in [0.15, 0.2) is 0 Å². The van der Waals surface area contributed by atoms with Crippen molar-refractivity contribution in [2.24, 2.45) is 22.1 Å². The predicted molar refractivity (Wildman–Crippen MR) is 126 cm³/mol. The van der Waals surface area contributed by atoms with E-state index >= 15 is 0 Å². The fraction of sp³-hybridized carbons (Fsp3) is 0.400. The van der Waals surface area contributed by atoms with Crippen molar-refractivity contribution >= 4 is 18.0 Å². The third-order valence-corrected chi connectivity index (χ3v) is 6.79. The summed E-state index contributed by atoms with van der Waals surface area (Å²) < 4.78 is 42.1. The first kappa shape index (κ1) is 25.3. The molecule has 0 bridgehead atoms. The van der Waals surface area contributed by atoms with Crippen LogP contribution in [0.25, 0.3) is 11.1 Å². The van der Waals surface area contributed by atoms with Gasteiger partial charge in [-0.2, -0.15) is 13.2 Å². The Bertz CT molecular complexity index is 1210. The van der Waals surface area contributed by atoms with Gasteiger partial charge >= 0.3 is 12.2 Å². The van der Waals surface area contributed by atoms with Gasteiger partial charge in [-0.25, -0.2) is 9.97 Å². The molecule has 3 N–H and O–H groups in total. The van der Waals surface area contributed by atoms with Crippen molar-refractivity contribution in [2.45, 2.75) is 38.3 Å². The summed E-state index contributed by atoms with van der Waals surface area (Å²) >= 11 is 0. The molecule has 1 aliphatic carbocycles. The Balaban J connectivity index is 1.54. The lowest BCUT2D eigenvalue weighted by atomic mass is 9.64. The molecule has 4 rings (SSSR count). The molecule has 0 saturated carbocycles. The van der Waals surface area contributed by atoms with Gasteiger partial charge in [-0.15, -0.1) is 0 Å². The number of benzene rings is 1. The molecule has 1 aliphatic heterocycles. The molecule has 36 heavy (non-hydrogen) atoms. The quantitative estimate of drug-likeness (QED) is 0.604. The van der Waals surface area contributed by atoms with Crippen molar-refractivity contribution in [3.05, 3.63) is 53.5 Å². The van der Waals surface area contributed by atoms with Gasteiger partial charge in [0.05, 0.1) is 18.9 Å². The van der Waals surface area contributed by atoms with E-state index in [0.717, 1.165) is 28.7 Å². The number of rotatable bonds is 7. The van der Waals surface area contributed by atoms with E-state index in [0.29, 0.717) is 12.8 Å². The molecule has 2 amide bonds. The number of alkyl halides is 3. The number of aliphatic imine (C=N–C) groups is 1. The average Bonchev–Trinajstić information content (AvgIpc) is 2.87. The minimum Gasteiger partial charge on any atom is -0.467 e. The van der Waals surface area contributed by atoms with E-state index in [4.69, 9.17) is 10.5 Å². The molecule has 11 heteroatoms. The number of nitrogens with one attached hydrogen (secondary N) is 1. The largest absolute Gasteiger partial charge is 0.467 e. The number of amides is 2. The summed E-state index contributed by atoms with van der Waals surface area (Å²) in [6.45, 7) is -0.548. The van der Waals surface area contributed by atoms with Crippen LogP contribution in [-0.2, 0) is 22.4 Å². The molecule has 1 aromatic carbocycles. The van der Waals surface area contributed by atoms with E-state index in [1.165, 1.54) is 19.4 Å². The van der Waals surface area contributed by atoms with Crippen LogP contribution in [0.4, 0.5) is 13.2 Å². The Morgan fingerprint density at radius 1 is 1.25 bits per heavy atom. The highest BCUT2D eigenvalue weighted by atomic mass is 19.4. The Morgan fingerprint density at radius 2 is 2.00 bits per heavy atom. The molecule has 8 nitrogen and oxygen atoms in total. The number of carbonyl (C=O) groups is 2. The first-order valence-corrected chi connectivity index (χ1v) is 11.5. The maximum absolute atomic E-state index is 12.7. The SMILES string of the molecule is COc1ncc(-c2cccc3c2C[C@H](C2(C(N)=O)C=NC(C(=O)NCCC(F)(F)F)=CC2)CC3)cn1. The second kappa shape index (κ2) is 10.1. The summed E-state index contributed by atoms with van der Waals surface area (Å²) in [5.41, 5.74) is 8.72. The Morgan fingerprint density at radius 3 is 2.61 bits per heavy atom. The number of halogens is 3. The monoisotopic (exact) mass is 501 g/mol. The minimum absolute atomic E-state index is 0.0265. The zero-order valence-corrected chi connectivity index (χ0v) is 19.6. The summed E-state index contributed by atoms with van der Waals surface area (Å²) in [6.07, 6.45) is 2.85. The number of allylic oxidation sites excluding steroid dienone is 1. The number of aryl methyl sites for hydroxylation is 1. The number of aromatic nitrogens is 2. The van der Waals surface area contributed by atoms with Crippen molar-refractivity contribution in [3.63, 3.8) is 0 Å². The second-order valence-electron chi connectivity index (χ2n) is 8.92. The van der Waals surface area contributed by atoms with Gasteiger partial charge < -0.3 is 15.8 Å². The smallest absolute Gasteiger partial charge is 0.390 e. The fourth-order valence-electron chi connectivity index (χ4n) is 4.81. The Hall–Kier alpha value is -3.76. The van der Waals surface area contributed by atoms with Crippen LogP contribution < -0.4 is 15.8 Å². The molecular formula is C25H26F3N5O3. The molecule has 2 atom stereocenters. The number of carbonyl (C=O) groups excluding carboxylic acids is 2. The van der Waals surface area contributed by atoms with Crippen molar-refractivity contribution in [2.75, 3.05) is 13.7 Å². The van der Waals surface area contributed by atoms with Gasteiger partial charge in [0.25, 0.3) is 5.91 Å². The molecule has 2 aliphatic rings. The number of primary amides is 1. The van der Waals surface area contributed by atoms with Crippen LogP contribution in [-0.4, -0.2) is 47.8 Å². The van der Waals surface area contributed by atoms with E-state index in [1.807, 2.05) is 12.1 Å². The molecule has 1 unspecified atom stereocenters. The zero-order chi connectivity index (χ0) is 25.9. The average molecular weight is 502 g/mol. The second-order valence-corrected chi connectivity index (χ2v) is 8.92. The highest BCUT2D eigenvalue weighted by Crippen LogP contribution is 2.43. The Labute approximate surface area is 205 Å². The first-order chi connectivity index (χ1) is 17.1. The highest BCUT2D eigenvalue weighted by Gasteiger charge is 2.45. The molecule has 1 aromatic heterocycles. The first-order valence-electron chi connectivity index (χ1n) is 11.5. The minimum atomic E-state index is -4.37. The maximum Gasteiger partial charge on any atom is 0.390 e. The number of hydrogen-bond acceptors (Lipinski definition) is 6. The molecule has 190 valence electrons. The van der Waals surface area contributed by atoms with Crippen molar-refractivity contribution in [1.29, 1.82) is 0 Å². The van der Waals surface area contributed by atoms with E-state index in [-0.39, 0.29) is 24.0 Å². The zero-order valence-electron chi connectivity index (χ0n) is 19.6. The van der Waals surface area contributed by atoms with Crippen LogP contribution in [0.2, 0.25) is 0 Å². The lowest BCUT2D eigenvalue weighted by Crippen LogP contribution is -2.47. The fourth-order valence-corrected chi connectivity index (χ4v) is 4.81. The molecule has 0 fully saturated rings. The van der Waals surface area contributed by atoms with Crippen molar-refractivity contribution in [1.82, 2.24) is 15.3 Å². The van der Waals surface area contributed by atoms with Crippen LogP contribution >= 0.6 is 0 Å². The van der Waals surface area contributed by atoms with E-state index in [2.05, 4.69) is 26.3 Å². The number of methoxy groups -OCH3 is 1. The van der Waals surface area contributed by atoms with Crippen molar-refractivity contribution in [3.8, 4) is 17.1 Å². The number of ether oxygens (including phenoxy) is 1. The number of fused-ring (bicyclic) bond motifs is 1. The van der Waals surface area contributed by atoms with Crippen LogP contribution in [0.15, 0.2) is 47.4 Å². The molecule has 2 heterocycles. The van der Waals surface area contributed by atoms with Gasteiger partial charge in [0, 0.05) is 30.7 Å². The van der Waals surface area contributed by atoms with Gasteiger partial charge in [0.2, 0.25) is 5.91 Å². The van der Waals surface area contributed by atoms with Crippen LogP contribution in [0.5, 0.6) is 6.01 Å². The summed E-state index contributed by atoms with van der Waals surface area (Å²) in [5, 5.41) is 2.21. The molecule has 0 saturated heterocycles. The van der Waals surface area contributed by atoms with Crippen LogP contribution in [0.3, 0.4) is 0 Å². The van der Waals surface area contributed by atoms with Gasteiger partial charge in [-0.05, 0) is 48.3 Å². The summed E-state index contributed by atoms with van der Waals surface area (Å²) in [4.78, 5) is 37.5. The number of nitrogens with zero attached hydrogens (tertiary/aromatic N) is 3. The number of hydrogen-bond donors (Lipinski definition) is 2. The highest BCUT2D eigenvalue weighted by molar-refractivity contribution is 6.02. The molecular weight excluding hydrogens is 475 g/mol. The topological polar surface area (TPSA) is 120 Å². The maximum atomic E-state index is 12.7. The van der Waals surface area contributed by atoms with Crippen LogP contribution in [0, 0.1) is 11.3 Å². The third-order valence-electron chi connectivity index (χ3n) is 6.79. The summed E-state index contributed by atoms with van der Waals surface area (Å²) in [7, 11) is 1.49. The lowest BCUT2D eigenvalue weighted by molar-refractivity contribution is -0.135. The van der Waals surface area contributed by atoms with Gasteiger partial charge in [-0.1, -0.05) is 24.3 Å². The summed E-state index contributed by atoms with van der Waals surface area (Å²) in [6, 6.07) is 6.25.